The summed E-state index contributed by atoms with van der Waals surface area (Å²) in [6, 6.07) is 9.48. The molecule has 0 aliphatic rings. The summed E-state index contributed by atoms with van der Waals surface area (Å²) < 4.78 is 11.5. The molecule has 0 amide bonds. The average molecular weight is 333 g/mol. The lowest BCUT2D eigenvalue weighted by molar-refractivity contribution is 0.246. The predicted octanol–water partition coefficient (Wildman–Crippen LogP) is 2.26. The lowest BCUT2D eigenvalue weighted by atomic mass is 10.1. The van der Waals surface area contributed by atoms with Crippen molar-refractivity contribution in [3.05, 3.63) is 57.8 Å². The number of aromatic nitrogens is 2. The second-order valence-corrected chi connectivity index (χ2v) is 7.03. The van der Waals surface area contributed by atoms with Crippen molar-refractivity contribution in [2.24, 2.45) is 0 Å². The van der Waals surface area contributed by atoms with Crippen molar-refractivity contribution in [3.8, 4) is 0 Å². The fourth-order valence-corrected chi connectivity index (χ4v) is 2.90. The molecule has 2 rings (SSSR count). The van der Waals surface area contributed by atoms with E-state index in [1.165, 1.54) is 6.07 Å². The van der Waals surface area contributed by atoms with Crippen molar-refractivity contribution in [1.29, 1.82) is 0 Å². The molecule has 1 aromatic heterocycles. The Morgan fingerprint density at radius 2 is 1.96 bits per heavy atom. The van der Waals surface area contributed by atoms with Gasteiger partial charge in [-0.3, -0.25) is 13.9 Å². The zero-order valence-corrected chi connectivity index (χ0v) is 14.8. The van der Waals surface area contributed by atoms with Gasteiger partial charge in [0, 0.05) is 39.8 Å². The van der Waals surface area contributed by atoms with Crippen molar-refractivity contribution in [1.82, 2.24) is 14.9 Å². The maximum Gasteiger partial charge on any atom is 0.251 e. The van der Waals surface area contributed by atoms with Gasteiger partial charge in [0.2, 0.25) is 0 Å². The number of hydrogen-bond acceptors (Lipinski definition) is 4. The van der Waals surface area contributed by atoms with Crippen LogP contribution in [-0.4, -0.2) is 32.4 Å². The molecule has 0 saturated carbocycles. The minimum absolute atomic E-state index is 0.109. The van der Waals surface area contributed by atoms with Crippen LogP contribution in [0.15, 0.2) is 40.0 Å². The summed E-state index contributed by atoms with van der Waals surface area (Å²) in [6.07, 6.45) is 2.42. The summed E-state index contributed by atoms with van der Waals surface area (Å²) in [7, 11) is 1.03. The fraction of sp³-hybridized carbons (Fsp3) is 0.412. The SMILES string of the molecule is CCc1cc(=O)[nH]c(CN(C)[C@H](C)c2ccc([S@](C)=O)cc2)n1. The molecule has 23 heavy (non-hydrogen) atoms. The molecule has 0 radical (unpaired) electrons. The minimum Gasteiger partial charge on any atom is -0.309 e. The van der Waals surface area contributed by atoms with Gasteiger partial charge in [0.15, 0.2) is 0 Å². The van der Waals surface area contributed by atoms with Crippen LogP contribution in [0.1, 0.15) is 37.0 Å². The van der Waals surface area contributed by atoms with Gasteiger partial charge in [-0.25, -0.2) is 4.98 Å². The Morgan fingerprint density at radius 1 is 1.30 bits per heavy atom. The lowest BCUT2D eigenvalue weighted by Gasteiger charge is -2.24. The number of benzene rings is 1. The molecule has 1 aromatic carbocycles. The van der Waals surface area contributed by atoms with Crippen LogP contribution in [0.2, 0.25) is 0 Å². The van der Waals surface area contributed by atoms with Crippen LogP contribution in [0.3, 0.4) is 0 Å². The molecule has 0 saturated heterocycles. The predicted molar refractivity (Wildman–Crippen MR) is 92.9 cm³/mol. The molecule has 0 aliphatic carbocycles. The smallest absolute Gasteiger partial charge is 0.251 e. The van der Waals surface area contributed by atoms with Gasteiger partial charge in [0.05, 0.1) is 6.54 Å². The van der Waals surface area contributed by atoms with Gasteiger partial charge >= 0.3 is 0 Å². The van der Waals surface area contributed by atoms with Gasteiger partial charge in [0.25, 0.3) is 5.56 Å². The molecule has 5 nitrogen and oxygen atoms in total. The topological polar surface area (TPSA) is 66.1 Å². The van der Waals surface area contributed by atoms with Gasteiger partial charge < -0.3 is 4.98 Å². The van der Waals surface area contributed by atoms with E-state index in [4.69, 9.17) is 0 Å². The molecule has 0 aliphatic heterocycles. The van der Waals surface area contributed by atoms with Gasteiger partial charge in [0.1, 0.15) is 5.82 Å². The molecule has 1 heterocycles. The van der Waals surface area contributed by atoms with Crippen molar-refractivity contribution >= 4 is 10.8 Å². The number of nitrogens with one attached hydrogen (secondary N) is 1. The highest BCUT2D eigenvalue weighted by Crippen LogP contribution is 2.21. The summed E-state index contributed by atoms with van der Waals surface area (Å²) in [6.45, 7) is 4.64. The first-order valence-electron chi connectivity index (χ1n) is 7.63. The molecule has 0 fully saturated rings. The van der Waals surface area contributed by atoms with Gasteiger partial charge in [-0.2, -0.15) is 0 Å². The summed E-state index contributed by atoms with van der Waals surface area (Å²) in [5, 5.41) is 0. The number of aryl methyl sites for hydroxylation is 1. The first-order chi connectivity index (χ1) is 10.9. The Labute approximate surface area is 139 Å². The van der Waals surface area contributed by atoms with E-state index in [1.807, 2.05) is 38.2 Å². The van der Waals surface area contributed by atoms with Crippen LogP contribution in [0.4, 0.5) is 0 Å². The number of nitrogens with zero attached hydrogens (tertiary/aromatic N) is 2. The summed E-state index contributed by atoms with van der Waals surface area (Å²) >= 11 is 0. The molecule has 1 N–H and O–H groups in total. The van der Waals surface area contributed by atoms with Crippen LogP contribution >= 0.6 is 0 Å². The number of H-pyrrole nitrogens is 1. The van der Waals surface area contributed by atoms with Crippen LogP contribution < -0.4 is 5.56 Å². The van der Waals surface area contributed by atoms with Gasteiger partial charge in [-0.05, 0) is 38.1 Å². The number of rotatable bonds is 6. The maximum atomic E-state index is 11.6. The highest BCUT2D eigenvalue weighted by molar-refractivity contribution is 7.84. The van der Waals surface area contributed by atoms with E-state index >= 15 is 0 Å². The molecule has 0 unspecified atom stereocenters. The normalized spacial score (nSPS) is 14.0. The van der Waals surface area contributed by atoms with Crippen molar-refractivity contribution in [2.45, 2.75) is 37.8 Å². The first-order valence-corrected chi connectivity index (χ1v) is 9.19. The van der Waals surface area contributed by atoms with Gasteiger partial charge in [-0.15, -0.1) is 0 Å². The Morgan fingerprint density at radius 3 is 2.52 bits per heavy atom. The van der Waals surface area contributed by atoms with Crippen LogP contribution in [-0.2, 0) is 23.8 Å². The average Bonchev–Trinajstić information content (AvgIpc) is 2.53. The van der Waals surface area contributed by atoms with E-state index in [-0.39, 0.29) is 11.6 Å². The molecular formula is C17H23N3O2S. The Balaban J connectivity index is 2.13. The molecule has 0 bridgehead atoms. The third-order valence-electron chi connectivity index (χ3n) is 3.96. The minimum atomic E-state index is -0.962. The monoisotopic (exact) mass is 333 g/mol. The summed E-state index contributed by atoms with van der Waals surface area (Å²) in [4.78, 5) is 21.9. The van der Waals surface area contributed by atoms with Crippen LogP contribution in [0.5, 0.6) is 0 Å². The Hall–Kier alpha value is -1.79. The van der Waals surface area contributed by atoms with E-state index in [2.05, 4.69) is 21.8 Å². The third-order valence-corrected chi connectivity index (χ3v) is 4.90. The van der Waals surface area contributed by atoms with E-state index < -0.39 is 10.8 Å². The van der Waals surface area contributed by atoms with Gasteiger partial charge in [-0.1, -0.05) is 19.1 Å². The highest BCUT2D eigenvalue weighted by Gasteiger charge is 2.14. The van der Waals surface area contributed by atoms with E-state index in [9.17, 15) is 9.00 Å². The summed E-state index contributed by atoms with van der Waals surface area (Å²) in [5.41, 5.74) is 1.83. The maximum absolute atomic E-state index is 11.6. The third kappa shape index (κ3) is 4.59. The number of aromatic amines is 1. The molecule has 124 valence electrons. The standard InChI is InChI=1S/C17H23N3O2S/c1-5-14-10-17(21)19-16(18-14)11-20(3)12(2)13-6-8-15(9-7-13)23(4)22/h6-10,12H,5,11H2,1-4H3,(H,18,19,21)/t12-,23+/m1/s1. The van der Waals surface area contributed by atoms with Crippen molar-refractivity contribution < 1.29 is 4.21 Å². The van der Waals surface area contributed by atoms with Crippen LogP contribution in [0.25, 0.3) is 0 Å². The second kappa shape index (κ2) is 7.66. The molecule has 6 heteroatoms. The molecule has 0 spiro atoms. The van der Waals surface area contributed by atoms with Crippen molar-refractivity contribution in [3.63, 3.8) is 0 Å². The van der Waals surface area contributed by atoms with Crippen molar-refractivity contribution in [2.75, 3.05) is 13.3 Å². The van der Waals surface area contributed by atoms with E-state index in [0.29, 0.717) is 12.4 Å². The first kappa shape index (κ1) is 17.6. The molecule has 2 atom stereocenters. The van der Waals surface area contributed by atoms with E-state index in [1.54, 1.807) is 6.26 Å². The lowest BCUT2D eigenvalue weighted by Crippen LogP contribution is -2.25. The largest absolute Gasteiger partial charge is 0.309 e. The van der Waals surface area contributed by atoms with Crippen LogP contribution in [0, 0.1) is 0 Å². The molecular weight excluding hydrogens is 310 g/mol. The Bertz CT molecular complexity index is 740. The quantitative estimate of drug-likeness (QED) is 0.880. The second-order valence-electron chi connectivity index (χ2n) is 5.65. The zero-order chi connectivity index (χ0) is 17.0. The number of hydrogen-bond donors (Lipinski definition) is 1. The fourth-order valence-electron chi connectivity index (χ4n) is 2.38. The zero-order valence-electron chi connectivity index (χ0n) is 14.0. The summed E-state index contributed by atoms with van der Waals surface area (Å²) in [5.74, 6) is 0.676. The Kier molecular flexibility index (Phi) is 5.85. The van der Waals surface area contributed by atoms with E-state index in [0.717, 1.165) is 22.6 Å². The highest BCUT2D eigenvalue weighted by atomic mass is 32.2. The molecule has 2 aromatic rings.